The average Bonchev–Trinajstić information content (AvgIpc) is 3.15. The average molecular weight is 612 g/mol. The van der Waals surface area contributed by atoms with Gasteiger partial charge in [-0.1, -0.05) is 152 Å². The van der Waals surface area contributed by atoms with Gasteiger partial charge in [0.15, 0.2) is 0 Å². The molecule has 0 radical (unpaired) electrons. The Morgan fingerprint density at radius 2 is 1.06 bits per heavy atom. The quantitative estimate of drug-likeness (QED) is 0.169. The van der Waals surface area contributed by atoms with E-state index in [1.165, 1.54) is 70.9 Å². The van der Waals surface area contributed by atoms with E-state index in [-0.39, 0.29) is 0 Å². The zero-order chi connectivity index (χ0) is 32.2. The van der Waals surface area contributed by atoms with Crippen LogP contribution in [0.3, 0.4) is 0 Å². The first-order valence-corrected chi connectivity index (χ1v) is 16.5. The molecule has 0 amide bonds. The van der Waals surface area contributed by atoms with Crippen LogP contribution in [0, 0.1) is 6.92 Å². The molecule has 0 N–H and O–H groups in total. The summed E-state index contributed by atoms with van der Waals surface area (Å²) in [6.07, 6.45) is 0. The second-order valence-corrected chi connectivity index (χ2v) is 12.7. The van der Waals surface area contributed by atoms with Gasteiger partial charge in [0.2, 0.25) is 0 Å². The molecule has 0 fully saturated rings. The summed E-state index contributed by atoms with van der Waals surface area (Å²) in [5, 5.41) is 10.4. The van der Waals surface area contributed by atoms with Crippen molar-refractivity contribution >= 4 is 60.2 Å². The van der Waals surface area contributed by atoms with Gasteiger partial charge in [-0.15, -0.1) is 0 Å². The van der Waals surface area contributed by atoms with Crippen molar-refractivity contribution in [3.8, 4) is 22.3 Å². The van der Waals surface area contributed by atoms with Gasteiger partial charge in [0.05, 0.1) is 0 Å². The van der Waals surface area contributed by atoms with Crippen molar-refractivity contribution < 1.29 is 0 Å². The minimum atomic E-state index is 0.934. The summed E-state index contributed by atoms with van der Waals surface area (Å²) < 4.78 is 0. The molecule has 0 unspecified atom stereocenters. The van der Waals surface area contributed by atoms with Gasteiger partial charge in [0.1, 0.15) is 0 Å². The van der Waals surface area contributed by atoms with E-state index in [9.17, 15) is 0 Å². The highest BCUT2D eigenvalue weighted by Gasteiger charge is 2.19. The van der Waals surface area contributed by atoms with Gasteiger partial charge in [-0.25, -0.2) is 0 Å². The lowest BCUT2D eigenvalue weighted by atomic mass is 9.89. The van der Waals surface area contributed by atoms with Crippen molar-refractivity contribution in [3.05, 3.63) is 188 Å². The third kappa shape index (κ3) is 4.55. The lowest BCUT2D eigenvalue weighted by molar-refractivity contribution is 1.26. The van der Waals surface area contributed by atoms with Gasteiger partial charge >= 0.3 is 0 Å². The van der Waals surface area contributed by atoms with E-state index < -0.39 is 0 Å². The molecular formula is C47H33N. The standard InChI is InChI=1S/C47H33N/c1-31-30-39(43-27-24-38-23-22-36-12-8-13-37-25-28-44(43)47(38)46(36)37)26-29-45(31)48(40-14-4-3-5-15-40)32(2)33-18-20-35(21-19-33)42-17-9-11-34-10-6-7-16-41(34)42/h3-30H,2H2,1H3. The molecule has 0 aliphatic carbocycles. The first-order valence-electron chi connectivity index (χ1n) is 16.5. The third-order valence-corrected chi connectivity index (χ3v) is 9.88. The fourth-order valence-corrected chi connectivity index (χ4v) is 7.53. The van der Waals surface area contributed by atoms with Crippen molar-refractivity contribution in [1.82, 2.24) is 0 Å². The van der Waals surface area contributed by atoms with Crippen molar-refractivity contribution in [1.29, 1.82) is 0 Å². The Balaban J connectivity index is 1.12. The van der Waals surface area contributed by atoms with E-state index in [4.69, 9.17) is 0 Å². The van der Waals surface area contributed by atoms with E-state index in [0.29, 0.717) is 0 Å². The van der Waals surface area contributed by atoms with E-state index in [1.807, 2.05) is 0 Å². The molecule has 0 saturated carbocycles. The molecule has 9 aromatic rings. The first-order chi connectivity index (χ1) is 23.6. The molecule has 9 aromatic carbocycles. The molecule has 0 aliphatic rings. The summed E-state index contributed by atoms with van der Waals surface area (Å²) in [6.45, 7) is 6.88. The highest BCUT2D eigenvalue weighted by atomic mass is 15.1. The van der Waals surface area contributed by atoms with E-state index in [0.717, 1.165) is 22.6 Å². The number of para-hydroxylation sites is 1. The smallest absolute Gasteiger partial charge is 0.0491 e. The summed E-state index contributed by atoms with van der Waals surface area (Å²) in [5.74, 6) is 0. The van der Waals surface area contributed by atoms with Crippen LogP contribution in [0.25, 0.3) is 71.0 Å². The summed E-state index contributed by atoms with van der Waals surface area (Å²) in [6, 6.07) is 61.5. The van der Waals surface area contributed by atoms with E-state index in [1.54, 1.807) is 0 Å². The molecule has 0 saturated heterocycles. The molecule has 9 rings (SSSR count). The largest absolute Gasteiger partial charge is 0.310 e. The first kappa shape index (κ1) is 28.1. The van der Waals surface area contributed by atoms with Crippen LogP contribution in [0.1, 0.15) is 11.1 Å². The number of hydrogen-bond acceptors (Lipinski definition) is 1. The Kier molecular flexibility index (Phi) is 6.59. The molecule has 1 heteroatoms. The Bertz CT molecular complexity index is 2610. The summed E-state index contributed by atoms with van der Waals surface area (Å²) in [7, 11) is 0. The fourth-order valence-electron chi connectivity index (χ4n) is 7.53. The van der Waals surface area contributed by atoms with Gasteiger partial charge in [-0.05, 0) is 108 Å². The molecule has 0 aliphatic heterocycles. The van der Waals surface area contributed by atoms with Crippen LogP contribution in [0.5, 0.6) is 0 Å². The van der Waals surface area contributed by atoms with Gasteiger partial charge in [-0.3, -0.25) is 0 Å². The van der Waals surface area contributed by atoms with Crippen LogP contribution in [0.4, 0.5) is 11.4 Å². The Hall–Kier alpha value is -6.18. The molecule has 0 spiro atoms. The fraction of sp³-hybridized carbons (Fsp3) is 0.0213. The van der Waals surface area contributed by atoms with Crippen molar-refractivity contribution in [2.45, 2.75) is 6.92 Å². The number of nitrogens with zero attached hydrogens (tertiary/aromatic N) is 1. The number of rotatable bonds is 6. The number of fused-ring (bicyclic) bond motifs is 1. The molecule has 0 atom stereocenters. The normalized spacial score (nSPS) is 11.5. The Labute approximate surface area is 281 Å². The predicted octanol–water partition coefficient (Wildman–Crippen LogP) is 13.2. The van der Waals surface area contributed by atoms with E-state index in [2.05, 4.69) is 188 Å². The lowest BCUT2D eigenvalue weighted by Crippen LogP contribution is -2.15. The zero-order valence-corrected chi connectivity index (χ0v) is 26.8. The molecule has 0 bridgehead atoms. The Morgan fingerprint density at radius 3 is 1.85 bits per heavy atom. The van der Waals surface area contributed by atoms with Gasteiger partial charge in [0.25, 0.3) is 0 Å². The van der Waals surface area contributed by atoms with Gasteiger partial charge in [-0.2, -0.15) is 0 Å². The zero-order valence-electron chi connectivity index (χ0n) is 26.8. The minimum absolute atomic E-state index is 0.934. The summed E-state index contributed by atoms with van der Waals surface area (Å²) >= 11 is 0. The SMILES string of the molecule is C=C(c1ccc(-c2cccc3ccccc23)cc1)N(c1ccccc1)c1ccc(-c2ccc3ccc4cccc5ccc2c3c45)cc1C. The van der Waals surface area contributed by atoms with Crippen molar-refractivity contribution in [2.24, 2.45) is 0 Å². The van der Waals surface area contributed by atoms with Crippen LogP contribution in [-0.4, -0.2) is 0 Å². The number of benzene rings is 9. The van der Waals surface area contributed by atoms with Crippen LogP contribution in [-0.2, 0) is 0 Å². The third-order valence-electron chi connectivity index (χ3n) is 9.88. The maximum atomic E-state index is 4.67. The van der Waals surface area contributed by atoms with E-state index >= 15 is 0 Å². The molecular weight excluding hydrogens is 579 g/mol. The molecule has 0 aromatic heterocycles. The van der Waals surface area contributed by atoms with Crippen LogP contribution in [0.2, 0.25) is 0 Å². The Morgan fingerprint density at radius 1 is 0.458 bits per heavy atom. The predicted molar refractivity (Wildman–Crippen MR) is 207 cm³/mol. The van der Waals surface area contributed by atoms with Crippen molar-refractivity contribution in [3.63, 3.8) is 0 Å². The molecule has 48 heavy (non-hydrogen) atoms. The number of hydrogen-bond donors (Lipinski definition) is 0. The lowest BCUT2D eigenvalue weighted by Gasteiger charge is -2.29. The van der Waals surface area contributed by atoms with Crippen LogP contribution in [0.15, 0.2) is 176 Å². The van der Waals surface area contributed by atoms with Crippen LogP contribution < -0.4 is 4.90 Å². The number of aryl methyl sites for hydroxylation is 1. The highest BCUT2D eigenvalue weighted by Crippen LogP contribution is 2.42. The summed E-state index contributed by atoms with van der Waals surface area (Å²) in [5.41, 5.74) is 10.3. The number of anilines is 2. The molecule has 1 nitrogen and oxygen atoms in total. The maximum Gasteiger partial charge on any atom is 0.0491 e. The topological polar surface area (TPSA) is 3.24 Å². The highest BCUT2D eigenvalue weighted by molar-refractivity contribution is 6.25. The van der Waals surface area contributed by atoms with Crippen LogP contribution >= 0.6 is 0 Å². The second kappa shape index (κ2) is 11.3. The monoisotopic (exact) mass is 611 g/mol. The van der Waals surface area contributed by atoms with Crippen molar-refractivity contribution in [2.75, 3.05) is 4.90 Å². The minimum Gasteiger partial charge on any atom is -0.310 e. The van der Waals surface area contributed by atoms with Gasteiger partial charge < -0.3 is 4.90 Å². The maximum absolute atomic E-state index is 4.67. The molecule has 0 heterocycles. The molecule has 226 valence electrons. The van der Waals surface area contributed by atoms with Gasteiger partial charge in [0, 0.05) is 17.1 Å². The summed E-state index contributed by atoms with van der Waals surface area (Å²) in [4.78, 5) is 2.29. The second-order valence-electron chi connectivity index (χ2n) is 12.7.